The minimum absolute atomic E-state index is 0.148. The first-order valence-electron chi connectivity index (χ1n) is 7.67. The van der Waals surface area contributed by atoms with E-state index >= 15 is 0 Å². The van der Waals surface area contributed by atoms with E-state index in [1.807, 2.05) is 13.8 Å². The third kappa shape index (κ3) is 2.50. The van der Waals surface area contributed by atoms with Crippen LogP contribution in [0.15, 0.2) is 23.8 Å². The Morgan fingerprint density at radius 3 is 2.38 bits per heavy atom. The zero-order valence-corrected chi connectivity index (χ0v) is 14.3. The molecule has 21 heavy (non-hydrogen) atoms. The van der Waals surface area contributed by atoms with Crippen molar-refractivity contribution in [3.63, 3.8) is 0 Å². The van der Waals surface area contributed by atoms with Crippen LogP contribution in [0, 0.1) is 12.8 Å². The maximum Gasteiger partial charge on any atom is 0.146 e. The van der Waals surface area contributed by atoms with E-state index in [0.717, 1.165) is 17.4 Å². The minimum Gasteiger partial charge on any atom is -0.298 e. The molecule has 1 aliphatic rings. The van der Waals surface area contributed by atoms with Crippen LogP contribution in [-0.2, 0) is 10.2 Å². The van der Waals surface area contributed by atoms with Crippen molar-refractivity contribution in [2.75, 3.05) is 0 Å². The fourth-order valence-electron chi connectivity index (χ4n) is 3.19. The highest BCUT2D eigenvalue weighted by Gasteiger charge is 2.33. The molecule has 0 saturated heterocycles. The molecule has 0 N–H and O–H groups in total. The molecule has 2 rings (SSSR count). The van der Waals surface area contributed by atoms with Crippen molar-refractivity contribution in [1.82, 2.24) is 0 Å². The summed E-state index contributed by atoms with van der Waals surface area (Å²) in [6.07, 6.45) is 3.32. The molecule has 1 aromatic carbocycles. The standard InChI is InChI=1S/C20H26O/c1-12-8-15(4)20(6,7)19-9-13(2)17(10-18(12)19)16(5)14(3)11-21/h8-11,15H,1-7H3. The Morgan fingerprint density at radius 2 is 1.81 bits per heavy atom. The number of rotatable bonds is 2. The van der Waals surface area contributed by atoms with Crippen molar-refractivity contribution < 1.29 is 4.79 Å². The monoisotopic (exact) mass is 282 g/mol. The molecule has 0 heterocycles. The van der Waals surface area contributed by atoms with Gasteiger partial charge in [-0.05, 0) is 84.1 Å². The van der Waals surface area contributed by atoms with Crippen LogP contribution in [0.5, 0.6) is 0 Å². The highest BCUT2D eigenvalue weighted by atomic mass is 16.1. The summed E-state index contributed by atoms with van der Waals surface area (Å²) in [7, 11) is 0. The maximum atomic E-state index is 11.1. The molecule has 0 radical (unpaired) electrons. The SMILES string of the molecule is CC1=CC(C)C(C)(C)c2cc(C)c(C(C)=C(C)C=O)cc21. The van der Waals surface area contributed by atoms with Gasteiger partial charge in [0, 0.05) is 0 Å². The quantitative estimate of drug-likeness (QED) is 0.530. The second-order valence-corrected chi connectivity index (χ2v) is 7.00. The van der Waals surface area contributed by atoms with Crippen LogP contribution in [-0.4, -0.2) is 6.29 Å². The van der Waals surface area contributed by atoms with E-state index in [9.17, 15) is 4.79 Å². The first-order chi connectivity index (χ1) is 9.70. The highest BCUT2D eigenvalue weighted by molar-refractivity contribution is 5.88. The van der Waals surface area contributed by atoms with Gasteiger partial charge >= 0.3 is 0 Å². The minimum atomic E-state index is 0.148. The average molecular weight is 282 g/mol. The number of hydrogen-bond acceptors (Lipinski definition) is 1. The van der Waals surface area contributed by atoms with E-state index < -0.39 is 0 Å². The molecule has 0 aromatic heterocycles. The van der Waals surface area contributed by atoms with Crippen LogP contribution in [0.25, 0.3) is 11.1 Å². The topological polar surface area (TPSA) is 17.1 Å². The van der Waals surface area contributed by atoms with Gasteiger partial charge in [0.05, 0.1) is 0 Å². The third-order valence-electron chi connectivity index (χ3n) is 5.29. The first-order valence-corrected chi connectivity index (χ1v) is 7.67. The zero-order valence-electron chi connectivity index (χ0n) is 14.3. The fourth-order valence-corrected chi connectivity index (χ4v) is 3.19. The molecular formula is C20H26O. The normalized spacial score (nSPS) is 21.3. The van der Waals surface area contributed by atoms with Gasteiger partial charge in [-0.15, -0.1) is 0 Å². The van der Waals surface area contributed by atoms with Gasteiger partial charge < -0.3 is 0 Å². The molecule has 1 aliphatic carbocycles. The lowest BCUT2D eigenvalue weighted by atomic mass is 9.67. The van der Waals surface area contributed by atoms with Crippen LogP contribution >= 0.6 is 0 Å². The number of hydrogen-bond donors (Lipinski definition) is 0. The van der Waals surface area contributed by atoms with E-state index in [4.69, 9.17) is 0 Å². The largest absolute Gasteiger partial charge is 0.298 e. The van der Waals surface area contributed by atoms with Gasteiger partial charge in [0.1, 0.15) is 6.29 Å². The van der Waals surface area contributed by atoms with Crippen LogP contribution in [0.3, 0.4) is 0 Å². The number of aldehydes is 1. The average Bonchev–Trinajstić information content (AvgIpc) is 2.43. The van der Waals surface area contributed by atoms with Gasteiger partial charge in [0.25, 0.3) is 0 Å². The number of benzene rings is 1. The molecule has 0 spiro atoms. The Hall–Kier alpha value is -1.63. The molecule has 1 aromatic rings. The molecule has 1 atom stereocenters. The second-order valence-electron chi connectivity index (χ2n) is 7.00. The molecule has 0 aliphatic heterocycles. The predicted molar refractivity (Wildman–Crippen MR) is 91.4 cm³/mol. The van der Waals surface area contributed by atoms with Crippen molar-refractivity contribution in [2.24, 2.45) is 5.92 Å². The molecule has 1 heteroatoms. The number of carbonyl (C=O) groups excluding carboxylic acids is 1. The highest BCUT2D eigenvalue weighted by Crippen LogP contribution is 2.44. The van der Waals surface area contributed by atoms with E-state index in [1.54, 1.807) is 0 Å². The van der Waals surface area contributed by atoms with E-state index in [2.05, 4.69) is 52.8 Å². The molecule has 112 valence electrons. The predicted octanol–water partition coefficient (Wildman–Crippen LogP) is 5.32. The summed E-state index contributed by atoms with van der Waals surface area (Å²) in [6, 6.07) is 4.59. The smallest absolute Gasteiger partial charge is 0.146 e. The molecule has 1 unspecified atom stereocenters. The third-order valence-corrected chi connectivity index (χ3v) is 5.29. The lowest BCUT2D eigenvalue weighted by Gasteiger charge is -2.37. The summed E-state index contributed by atoms with van der Waals surface area (Å²) in [6.45, 7) is 15.2. The van der Waals surface area contributed by atoms with Crippen molar-refractivity contribution in [3.05, 3.63) is 46.0 Å². The fraction of sp³-hybridized carbons (Fsp3) is 0.450. The van der Waals surface area contributed by atoms with Gasteiger partial charge in [-0.2, -0.15) is 0 Å². The summed E-state index contributed by atoms with van der Waals surface area (Å²) >= 11 is 0. The molecule has 0 saturated carbocycles. The Morgan fingerprint density at radius 1 is 1.19 bits per heavy atom. The molecule has 0 fully saturated rings. The van der Waals surface area contributed by atoms with Crippen LogP contribution in [0.4, 0.5) is 0 Å². The van der Waals surface area contributed by atoms with Crippen molar-refractivity contribution in [3.8, 4) is 0 Å². The number of fused-ring (bicyclic) bond motifs is 1. The van der Waals surface area contributed by atoms with Gasteiger partial charge in [-0.3, -0.25) is 4.79 Å². The van der Waals surface area contributed by atoms with Crippen LogP contribution in [0.1, 0.15) is 63.8 Å². The summed E-state index contributed by atoms with van der Waals surface area (Å²) in [4.78, 5) is 11.1. The molecule has 0 amide bonds. The van der Waals surface area contributed by atoms with E-state index in [-0.39, 0.29) is 5.41 Å². The lowest BCUT2D eigenvalue weighted by molar-refractivity contribution is -0.104. The number of carbonyl (C=O) groups is 1. The summed E-state index contributed by atoms with van der Waals surface area (Å²) in [5.74, 6) is 0.531. The van der Waals surface area contributed by atoms with Crippen LogP contribution < -0.4 is 0 Å². The van der Waals surface area contributed by atoms with E-state index in [0.29, 0.717) is 5.92 Å². The first kappa shape index (κ1) is 15.8. The maximum absolute atomic E-state index is 11.1. The summed E-state index contributed by atoms with van der Waals surface area (Å²) in [5, 5.41) is 0. The van der Waals surface area contributed by atoms with Gasteiger partial charge in [0.15, 0.2) is 0 Å². The molecule has 0 bridgehead atoms. The van der Waals surface area contributed by atoms with E-state index in [1.165, 1.54) is 27.8 Å². The lowest BCUT2D eigenvalue weighted by Crippen LogP contribution is -2.29. The summed E-state index contributed by atoms with van der Waals surface area (Å²) in [5.41, 5.74) is 8.57. The van der Waals surface area contributed by atoms with Crippen molar-refractivity contribution in [2.45, 2.75) is 53.9 Å². The summed E-state index contributed by atoms with van der Waals surface area (Å²) < 4.78 is 0. The van der Waals surface area contributed by atoms with Crippen molar-refractivity contribution >= 4 is 17.4 Å². The Balaban J connectivity index is 2.74. The van der Waals surface area contributed by atoms with Crippen molar-refractivity contribution in [1.29, 1.82) is 0 Å². The van der Waals surface area contributed by atoms with Gasteiger partial charge in [-0.25, -0.2) is 0 Å². The Kier molecular flexibility index (Phi) is 3.97. The van der Waals surface area contributed by atoms with Gasteiger partial charge in [-0.1, -0.05) is 32.9 Å². The number of allylic oxidation sites excluding steroid dienone is 4. The van der Waals surface area contributed by atoms with Crippen LogP contribution in [0.2, 0.25) is 0 Å². The number of aryl methyl sites for hydroxylation is 1. The zero-order chi connectivity index (χ0) is 15.9. The molecule has 1 nitrogen and oxygen atoms in total. The Labute approximate surface area is 128 Å². The second kappa shape index (κ2) is 5.29. The Bertz CT molecular complexity index is 657. The van der Waals surface area contributed by atoms with Gasteiger partial charge in [0.2, 0.25) is 0 Å². The molecular weight excluding hydrogens is 256 g/mol.